The molecule has 3 aromatic carbocycles. The number of alkyl halides is 3. The Labute approximate surface area is 201 Å². The molecule has 35 heavy (non-hydrogen) atoms. The second kappa shape index (κ2) is 10.5. The Morgan fingerprint density at radius 2 is 1.63 bits per heavy atom. The summed E-state index contributed by atoms with van der Waals surface area (Å²) in [4.78, 5) is 17.0. The maximum absolute atomic E-state index is 13.0. The Hall–Kier alpha value is -3.97. The molecule has 0 saturated carbocycles. The largest absolute Gasteiger partial charge is 0.416 e. The third kappa shape index (κ3) is 6.13. The van der Waals surface area contributed by atoms with Crippen molar-refractivity contribution in [3.8, 4) is 11.1 Å². The number of aromatic nitrogens is 1. The number of halogens is 3. The minimum atomic E-state index is -4.42. The van der Waals surface area contributed by atoms with Crippen molar-refractivity contribution >= 4 is 11.6 Å². The molecule has 7 heteroatoms. The van der Waals surface area contributed by atoms with Crippen LogP contribution in [0.2, 0.25) is 0 Å². The number of aliphatic hydroxyl groups excluding tert-OH is 1. The van der Waals surface area contributed by atoms with Gasteiger partial charge in [-0.1, -0.05) is 48.5 Å². The first kappa shape index (κ1) is 24.2. The lowest BCUT2D eigenvalue weighted by Gasteiger charge is -2.14. The summed E-state index contributed by atoms with van der Waals surface area (Å²) in [6, 6.07) is 22.2. The molecule has 4 rings (SSSR count). The van der Waals surface area contributed by atoms with E-state index in [1.165, 1.54) is 12.1 Å². The smallest absolute Gasteiger partial charge is 0.388 e. The first-order chi connectivity index (χ1) is 16.8. The van der Waals surface area contributed by atoms with E-state index in [-0.39, 0.29) is 5.91 Å². The Morgan fingerprint density at radius 3 is 2.29 bits per heavy atom. The van der Waals surface area contributed by atoms with Gasteiger partial charge in [-0.25, -0.2) is 0 Å². The second-order valence-electron chi connectivity index (χ2n) is 8.11. The van der Waals surface area contributed by atoms with Crippen LogP contribution < -0.4 is 5.32 Å². The summed E-state index contributed by atoms with van der Waals surface area (Å²) in [5.41, 5.74) is 2.95. The third-order valence-corrected chi connectivity index (χ3v) is 5.68. The molecule has 0 saturated heterocycles. The average molecular weight is 476 g/mol. The quantitative estimate of drug-likeness (QED) is 0.313. The summed E-state index contributed by atoms with van der Waals surface area (Å²) in [6.45, 7) is 0. The lowest BCUT2D eigenvalue weighted by atomic mass is 9.98. The maximum Gasteiger partial charge on any atom is 0.416 e. The summed E-state index contributed by atoms with van der Waals surface area (Å²) in [7, 11) is 0. The van der Waals surface area contributed by atoms with E-state index in [4.69, 9.17) is 0 Å². The van der Waals surface area contributed by atoms with Gasteiger partial charge in [0.15, 0.2) is 0 Å². The number of pyridine rings is 1. The van der Waals surface area contributed by atoms with Crippen molar-refractivity contribution in [2.24, 2.45) is 0 Å². The molecule has 0 spiro atoms. The molecule has 2 N–H and O–H groups in total. The van der Waals surface area contributed by atoms with Crippen LogP contribution in [-0.4, -0.2) is 16.0 Å². The number of hydrogen-bond donors (Lipinski definition) is 2. The summed E-state index contributed by atoms with van der Waals surface area (Å²) >= 11 is 0. The number of amides is 1. The highest BCUT2D eigenvalue weighted by Crippen LogP contribution is 2.32. The fraction of sp³-hybridized carbons (Fsp3) is 0.143. The number of rotatable bonds is 7. The minimum absolute atomic E-state index is 0.341. The second-order valence-corrected chi connectivity index (χ2v) is 8.11. The van der Waals surface area contributed by atoms with E-state index in [0.717, 1.165) is 23.3 Å². The molecular weight excluding hydrogens is 453 g/mol. The molecule has 4 nitrogen and oxygen atoms in total. The number of carbonyl (C=O) groups excluding carboxylic acids is 1. The van der Waals surface area contributed by atoms with Crippen molar-refractivity contribution in [2.75, 3.05) is 5.32 Å². The molecule has 178 valence electrons. The highest BCUT2D eigenvalue weighted by atomic mass is 19.4. The lowest BCUT2D eigenvalue weighted by Crippen LogP contribution is -2.13. The standard InChI is InChI=1S/C28H23F3N2O2/c29-28(30,31)22-12-8-20(9-13-22)24-5-1-2-6-25(24)27(35)33-23-14-10-21(11-15-23)26(34)16-7-19-4-3-17-32-18-19/h1-6,8-15,17-18,26,34H,7,16H2,(H,33,35). The van der Waals surface area contributed by atoms with E-state index in [1.54, 1.807) is 60.9 Å². The predicted molar refractivity (Wildman–Crippen MR) is 129 cm³/mol. The van der Waals surface area contributed by atoms with Crippen LogP contribution in [0.4, 0.5) is 18.9 Å². The van der Waals surface area contributed by atoms with Gasteiger partial charge in [-0.3, -0.25) is 9.78 Å². The fourth-order valence-corrected chi connectivity index (χ4v) is 3.77. The van der Waals surface area contributed by atoms with Crippen molar-refractivity contribution in [2.45, 2.75) is 25.1 Å². The molecule has 0 radical (unpaired) electrons. The van der Waals surface area contributed by atoms with E-state index in [9.17, 15) is 23.1 Å². The first-order valence-electron chi connectivity index (χ1n) is 11.1. The zero-order valence-corrected chi connectivity index (χ0v) is 18.7. The highest BCUT2D eigenvalue weighted by Gasteiger charge is 2.30. The van der Waals surface area contributed by atoms with E-state index in [2.05, 4.69) is 10.3 Å². The number of aryl methyl sites for hydroxylation is 1. The predicted octanol–water partition coefficient (Wildman–Crippen LogP) is 6.69. The molecule has 0 aliphatic rings. The molecule has 0 aliphatic carbocycles. The summed E-state index contributed by atoms with van der Waals surface area (Å²) in [5.74, 6) is -0.384. The van der Waals surface area contributed by atoms with Gasteiger partial charge in [-0.15, -0.1) is 0 Å². The molecule has 1 unspecified atom stereocenters. The number of carbonyl (C=O) groups is 1. The molecule has 4 aromatic rings. The Morgan fingerprint density at radius 1 is 0.914 bits per heavy atom. The van der Waals surface area contributed by atoms with Gasteiger partial charge in [0.2, 0.25) is 0 Å². The van der Waals surface area contributed by atoms with Crippen molar-refractivity contribution in [3.05, 3.63) is 120 Å². The van der Waals surface area contributed by atoms with E-state index >= 15 is 0 Å². The van der Waals surface area contributed by atoms with Crippen LogP contribution in [0.25, 0.3) is 11.1 Å². The summed E-state index contributed by atoms with van der Waals surface area (Å²) in [5, 5.41) is 13.3. The molecular formula is C28H23F3N2O2. The number of anilines is 1. The van der Waals surface area contributed by atoms with Crippen molar-refractivity contribution < 1.29 is 23.1 Å². The SMILES string of the molecule is O=C(Nc1ccc(C(O)CCc2cccnc2)cc1)c1ccccc1-c1ccc(C(F)(F)F)cc1. The van der Waals surface area contributed by atoms with Crippen molar-refractivity contribution in [1.29, 1.82) is 0 Å². The molecule has 1 aromatic heterocycles. The molecule has 0 bridgehead atoms. The van der Waals surface area contributed by atoms with Crippen LogP contribution in [0.15, 0.2) is 97.3 Å². The monoisotopic (exact) mass is 476 g/mol. The van der Waals surface area contributed by atoms with Crippen LogP contribution in [0.3, 0.4) is 0 Å². The van der Waals surface area contributed by atoms with Gasteiger partial charge in [0, 0.05) is 23.6 Å². The minimum Gasteiger partial charge on any atom is -0.388 e. The normalized spacial score (nSPS) is 12.2. The molecule has 1 amide bonds. The van der Waals surface area contributed by atoms with Crippen LogP contribution in [0.1, 0.15) is 39.6 Å². The number of aliphatic hydroxyl groups is 1. The van der Waals surface area contributed by atoms with Gasteiger partial charge in [0.25, 0.3) is 5.91 Å². The molecule has 0 aliphatic heterocycles. The van der Waals surface area contributed by atoms with Crippen LogP contribution in [0, 0.1) is 0 Å². The molecule has 1 heterocycles. The van der Waals surface area contributed by atoms with Crippen LogP contribution in [-0.2, 0) is 12.6 Å². The molecule has 1 atom stereocenters. The van der Waals surface area contributed by atoms with Gasteiger partial charge in [0.05, 0.1) is 11.7 Å². The summed E-state index contributed by atoms with van der Waals surface area (Å²) < 4.78 is 38.7. The average Bonchev–Trinajstić information content (AvgIpc) is 2.88. The zero-order valence-electron chi connectivity index (χ0n) is 18.7. The Bertz CT molecular complexity index is 1270. The van der Waals surface area contributed by atoms with Crippen LogP contribution in [0.5, 0.6) is 0 Å². The number of nitrogens with zero attached hydrogens (tertiary/aromatic N) is 1. The van der Waals surface area contributed by atoms with Gasteiger partial charge >= 0.3 is 6.18 Å². The Kier molecular flexibility index (Phi) is 7.27. The maximum atomic E-state index is 13.0. The van der Waals surface area contributed by atoms with Gasteiger partial charge in [0.1, 0.15) is 0 Å². The summed E-state index contributed by atoms with van der Waals surface area (Å²) in [6.07, 6.45) is -0.372. The topological polar surface area (TPSA) is 62.2 Å². The van der Waals surface area contributed by atoms with Gasteiger partial charge in [-0.2, -0.15) is 13.2 Å². The van der Waals surface area contributed by atoms with Crippen molar-refractivity contribution in [3.63, 3.8) is 0 Å². The number of hydrogen-bond acceptors (Lipinski definition) is 3. The number of benzene rings is 3. The third-order valence-electron chi connectivity index (χ3n) is 5.68. The first-order valence-corrected chi connectivity index (χ1v) is 11.1. The zero-order chi connectivity index (χ0) is 24.8. The van der Waals surface area contributed by atoms with Crippen molar-refractivity contribution in [1.82, 2.24) is 4.98 Å². The highest BCUT2D eigenvalue weighted by molar-refractivity contribution is 6.08. The van der Waals surface area contributed by atoms with Gasteiger partial charge < -0.3 is 10.4 Å². The number of nitrogens with one attached hydrogen (secondary N) is 1. The lowest BCUT2D eigenvalue weighted by molar-refractivity contribution is -0.137. The fourth-order valence-electron chi connectivity index (χ4n) is 3.77. The Balaban J connectivity index is 1.44. The molecule has 0 fully saturated rings. The van der Waals surface area contributed by atoms with E-state index < -0.39 is 17.8 Å². The van der Waals surface area contributed by atoms with Crippen LogP contribution >= 0.6 is 0 Å². The van der Waals surface area contributed by atoms with Gasteiger partial charge in [-0.05, 0) is 71.5 Å². The van der Waals surface area contributed by atoms with E-state index in [0.29, 0.717) is 35.2 Å². The van der Waals surface area contributed by atoms with E-state index in [1.807, 2.05) is 12.1 Å².